The van der Waals surface area contributed by atoms with Crippen LogP contribution in [0.5, 0.6) is 0 Å². The van der Waals surface area contributed by atoms with E-state index in [1.54, 1.807) is 12.1 Å². The Hall–Kier alpha value is -2.57. The van der Waals surface area contributed by atoms with Gasteiger partial charge in [0, 0.05) is 11.8 Å². The number of halogens is 3. The molecule has 7 heteroatoms. The molecular weight excluding hydrogens is 297 g/mol. The Labute approximate surface area is 124 Å². The van der Waals surface area contributed by atoms with E-state index in [1.165, 1.54) is 0 Å². The fraction of sp³-hybridized carbons (Fsp3) is 0.200. The third-order valence-corrected chi connectivity index (χ3v) is 3.19. The summed E-state index contributed by atoms with van der Waals surface area (Å²) in [5.41, 5.74) is -0.0855. The number of hydrogen-bond donors (Lipinski definition) is 1. The molecule has 2 aromatic carbocycles. The Kier molecular flexibility index (Phi) is 4.35. The summed E-state index contributed by atoms with van der Waals surface area (Å²) in [4.78, 5) is 10.2. The molecule has 0 aromatic heterocycles. The van der Waals surface area contributed by atoms with Gasteiger partial charge in [0.1, 0.15) is 5.69 Å². The number of benzene rings is 2. The Morgan fingerprint density at radius 1 is 1.14 bits per heavy atom. The Morgan fingerprint density at radius 3 is 2.41 bits per heavy atom. The van der Waals surface area contributed by atoms with Crippen LogP contribution in [0.4, 0.5) is 30.2 Å². The summed E-state index contributed by atoms with van der Waals surface area (Å²) < 4.78 is 38.0. The van der Waals surface area contributed by atoms with Crippen molar-refractivity contribution < 1.29 is 18.1 Å². The largest absolute Gasteiger partial charge is 0.416 e. The molecule has 0 saturated carbocycles. The predicted octanol–water partition coefficient (Wildman–Crippen LogP) is 4.92. The number of nitrogens with one attached hydrogen (secondary N) is 1. The van der Waals surface area contributed by atoms with Crippen LogP contribution in [0.15, 0.2) is 42.5 Å². The number of aryl methyl sites for hydroxylation is 1. The molecule has 0 saturated heterocycles. The lowest BCUT2D eigenvalue weighted by molar-refractivity contribution is -0.384. The highest BCUT2D eigenvalue weighted by molar-refractivity contribution is 5.72. The Morgan fingerprint density at radius 2 is 1.82 bits per heavy atom. The molecule has 0 aliphatic heterocycles. The van der Waals surface area contributed by atoms with Gasteiger partial charge in [-0.2, -0.15) is 13.2 Å². The molecule has 0 aliphatic rings. The quantitative estimate of drug-likeness (QED) is 0.644. The Balaban J connectivity index is 2.45. The summed E-state index contributed by atoms with van der Waals surface area (Å²) in [6.07, 6.45) is -3.93. The molecule has 0 atom stereocenters. The fourth-order valence-corrected chi connectivity index (χ4v) is 2.06. The van der Waals surface area contributed by atoms with Crippen molar-refractivity contribution in [1.82, 2.24) is 0 Å². The second-order valence-electron chi connectivity index (χ2n) is 4.62. The molecule has 2 aromatic rings. The second kappa shape index (κ2) is 6.05. The topological polar surface area (TPSA) is 55.2 Å². The first kappa shape index (κ1) is 15.8. The summed E-state index contributed by atoms with van der Waals surface area (Å²) in [6, 6.07) is 9.58. The zero-order valence-electron chi connectivity index (χ0n) is 11.6. The highest BCUT2D eigenvalue weighted by Gasteiger charge is 2.33. The van der Waals surface area contributed by atoms with Crippen LogP contribution in [0.3, 0.4) is 0 Å². The van der Waals surface area contributed by atoms with Crippen molar-refractivity contribution in [2.45, 2.75) is 19.5 Å². The maximum absolute atomic E-state index is 12.7. The molecular formula is C15H13F3N2O2. The highest BCUT2D eigenvalue weighted by Crippen LogP contribution is 2.36. The number of para-hydroxylation sites is 1. The second-order valence-corrected chi connectivity index (χ2v) is 4.62. The first-order valence-electron chi connectivity index (χ1n) is 6.53. The fourth-order valence-electron chi connectivity index (χ4n) is 2.06. The van der Waals surface area contributed by atoms with E-state index < -0.39 is 22.4 Å². The zero-order valence-corrected chi connectivity index (χ0v) is 11.6. The van der Waals surface area contributed by atoms with Gasteiger partial charge in [-0.05, 0) is 30.2 Å². The normalized spacial score (nSPS) is 11.3. The minimum absolute atomic E-state index is 0.0268. The van der Waals surface area contributed by atoms with Gasteiger partial charge >= 0.3 is 6.18 Å². The van der Waals surface area contributed by atoms with E-state index in [9.17, 15) is 23.3 Å². The lowest BCUT2D eigenvalue weighted by Gasteiger charge is -2.13. The van der Waals surface area contributed by atoms with Crippen molar-refractivity contribution in [2.75, 3.05) is 5.32 Å². The van der Waals surface area contributed by atoms with Crippen molar-refractivity contribution in [3.63, 3.8) is 0 Å². The van der Waals surface area contributed by atoms with E-state index in [4.69, 9.17) is 0 Å². The van der Waals surface area contributed by atoms with Gasteiger partial charge in [0.2, 0.25) is 0 Å². The van der Waals surface area contributed by atoms with E-state index in [0.717, 1.165) is 17.7 Å². The van der Waals surface area contributed by atoms with Crippen LogP contribution < -0.4 is 5.32 Å². The predicted molar refractivity (Wildman–Crippen MR) is 77.2 cm³/mol. The van der Waals surface area contributed by atoms with Gasteiger partial charge in [0.05, 0.1) is 10.5 Å². The van der Waals surface area contributed by atoms with Crippen LogP contribution in [-0.2, 0) is 12.6 Å². The summed E-state index contributed by atoms with van der Waals surface area (Å²) >= 11 is 0. The molecule has 22 heavy (non-hydrogen) atoms. The molecule has 4 nitrogen and oxygen atoms in total. The van der Waals surface area contributed by atoms with Crippen LogP contribution in [-0.4, -0.2) is 4.92 Å². The van der Waals surface area contributed by atoms with E-state index in [2.05, 4.69) is 5.32 Å². The summed E-state index contributed by atoms with van der Waals surface area (Å²) in [5.74, 6) is 0. The van der Waals surface area contributed by atoms with Gasteiger partial charge in [0.15, 0.2) is 0 Å². The van der Waals surface area contributed by atoms with Gasteiger partial charge in [-0.15, -0.1) is 0 Å². The molecule has 2 rings (SSSR count). The van der Waals surface area contributed by atoms with E-state index in [-0.39, 0.29) is 5.69 Å². The number of nitrogens with zero attached hydrogens (tertiary/aromatic N) is 1. The van der Waals surface area contributed by atoms with Gasteiger partial charge in [0.25, 0.3) is 5.69 Å². The molecule has 0 radical (unpaired) electrons. The van der Waals surface area contributed by atoms with Gasteiger partial charge in [-0.1, -0.05) is 25.1 Å². The van der Waals surface area contributed by atoms with Crippen molar-refractivity contribution in [3.05, 3.63) is 63.7 Å². The van der Waals surface area contributed by atoms with Crippen molar-refractivity contribution in [2.24, 2.45) is 0 Å². The summed E-state index contributed by atoms with van der Waals surface area (Å²) in [6.45, 7) is 1.92. The number of alkyl halides is 3. The van der Waals surface area contributed by atoms with Crippen molar-refractivity contribution in [3.8, 4) is 0 Å². The van der Waals surface area contributed by atoms with Crippen LogP contribution in [0.1, 0.15) is 18.1 Å². The molecule has 1 N–H and O–H groups in total. The van der Waals surface area contributed by atoms with Crippen LogP contribution in [0.2, 0.25) is 0 Å². The minimum atomic E-state index is -4.62. The number of nitro benzene ring substituents is 1. The maximum Gasteiger partial charge on any atom is 0.416 e. The van der Waals surface area contributed by atoms with Crippen LogP contribution >= 0.6 is 0 Å². The number of hydrogen-bond acceptors (Lipinski definition) is 3. The maximum atomic E-state index is 12.7. The third kappa shape index (κ3) is 3.36. The smallest absolute Gasteiger partial charge is 0.350 e. The SMILES string of the molecule is CCc1ccccc1Nc1ccc(C(F)(F)F)cc1[N+](=O)[O-]. The lowest BCUT2D eigenvalue weighted by atomic mass is 10.1. The van der Waals surface area contributed by atoms with Crippen LogP contribution in [0.25, 0.3) is 0 Å². The summed E-state index contributed by atoms with van der Waals surface area (Å²) in [5, 5.41) is 13.9. The van der Waals surface area contributed by atoms with Crippen LogP contribution in [0, 0.1) is 10.1 Å². The zero-order chi connectivity index (χ0) is 16.3. The van der Waals surface area contributed by atoms with E-state index >= 15 is 0 Å². The third-order valence-electron chi connectivity index (χ3n) is 3.19. The molecule has 0 fully saturated rings. The summed E-state index contributed by atoms with van der Waals surface area (Å²) in [7, 11) is 0. The molecule has 0 unspecified atom stereocenters. The van der Waals surface area contributed by atoms with Gasteiger partial charge < -0.3 is 5.32 Å². The Bertz CT molecular complexity index is 699. The lowest BCUT2D eigenvalue weighted by Crippen LogP contribution is -2.07. The average Bonchev–Trinajstić information content (AvgIpc) is 2.46. The number of rotatable bonds is 4. The van der Waals surface area contributed by atoms with E-state index in [1.807, 2.05) is 19.1 Å². The standard InChI is InChI=1S/C15H13F3N2O2/c1-2-10-5-3-4-6-12(10)19-13-8-7-11(15(16,17)18)9-14(13)20(21)22/h3-9,19H,2H2,1H3. The number of nitro groups is 1. The molecule has 0 spiro atoms. The molecule has 0 amide bonds. The molecule has 0 bridgehead atoms. The minimum Gasteiger partial charge on any atom is -0.350 e. The first-order valence-corrected chi connectivity index (χ1v) is 6.53. The first-order chi connectivity index (χ1) is 10.3. The van der Waals surface area contributed by atoms with Crippen molar-refractivity contribution in [1.29, 1.82) is 0 Å². The van der Waals surface area contributed by atoms with Crippen molar-refractivity contribution >= 4 is 17.1 Å². The van der Waals surface area contributed by atoms with Gasteiger partial charge in [-0.3, -0.25) is 10.1 Å². The monoisotopic (exact) mass is 310 g/mol. The number of anilines is 2. The molecule has 0 heterocycles. The van der Waals surface area contributed by atoms with Gasteiger partial charge in [-0.25, -0.2) is 0 Å². The van der Waals surface area contributed by atoms with E-state index in [0.29, 0.717) is 18.2 Å². The molecule has 0 aliphatic carbocycles. The molecule has 116 valence electrons. The average molecular weight is 310 g/mol. The highest BCUT2D eigenvalue weighted by atomic mass is 19.4.